The van der Waals surface area contributed by atoms with Crippen LogP contribution in [0.25, 0.3) is 0 Å². The van der Waals surface area contributed by atoms with Crippen LogP contribution in [-0.4, -0.2) is 24.7 Å². The maximum absolute atomic E-state index is 13.1. The van der Waals surface area contributed by atoms with Gasteiger partial charge in [0.25, 0.3) is 0 Å². The molecule has 0 amide bonds. The molecule has 4 heteroatoms. The number of rotatable bonds is 5. The fraction of sp³-hybridized carbons (Fsp3) is 0. The van der Waals surface area contributed by atoms with Crippen LogP contribution in [0.15, 0.2) is 90.1 Å². The van der Waals surface area contributed by atoms with Crippen LogP contribution in [0.1, 0.15) is 15.9 Å². The zero-order chi connectivity index (χ0) is 16.8. The number of nitrogens with zero attached hydrogens (tertiary/aromatic N) is 1. The summed E-state index contributed by atoms with van der Waals surface area (Å²) in [6.07, 6.45) is 0. The zero-order valence-electron chi connectivity index (χ0n) is 12.8. The standard InChI is InChI=1S/C20H14NO2Se/c22-19(15-9-3-1-4-10-15)20(24-16-11-5-2-6-12-16)17-13-7-8-14-18(17)21-23/h1-14H/q+1. The molecule has 3 nitrogen and oxygen atoms in total. The molecule has 0 heterocycles. The fourth-order valence-corrected chi connectivity index (χ4v) is 4.44. The predicted molar refractivity (Wildman–Crippen MR) is 98.6 cm³/mol. The monoisotopic (exact) mass is 380 g/mol. The van der Waals surface area contributed by atoms with Gasteiger partial charge in [0, 0.05) is 0 Å². The van der Waals surface area contributed by atoms with Crippen LogP contribution in [0.2, 0.25) is 0 Å². The zero-order valence-corrected chi connectivity index (χ0v) is 14.5. The van der Waals surface area contributed by atoms with Crippen molar-refractivity contribution < 1.29 is 4.79 Å². The Hall–Kier alpha value is -2.68. The first-order valence-electron chi connectivity index (χ1n) is 7.42. The summed E-state index contributed by atoms with van der Waals surface area (Å²) in [6, 6.07) is 26.0. The summed E-state index contributed by atoms with van der Waals surface area (Å²) < 4.78 is 1.71. The Labute approximate surface area is 146 Å². The van der Waals surface area contributed by atoms with E-state index in [1.807, 2.05) is 54.6 Å². The molecule has 0 saturated carbocycles. The number of hydrogen-bond acceptors (Lipinski definition) is 3. The molecule has 0 N–H and O–H groups in total. The molecular formula is C20H14NO2Se+. The predicted octanol–water partition coefficient (Wildman–Crippen LogP) is 3.52. The van der Waals surface area contributed by atoms with Gasteiger partial charge in [0.05, 0.1) is 0 Å². The van der Waals surface area contributed by atoms with Gasteiger partial charge in [0.15, 0.2) is 0 Å². The SMILES string of the molecule is O=Nc1ccccc1C(=[Se+]c1ccccc1)C(=O)c1ccccc1. The van der Waals surface area contributed by atoms with Gasteiger partial charge >= 0.3 is 146 Å². The first kappa shape index (κ1) is 16.2. The molecule has 0 fully saturated rings. The van der Waals surface area contributed by atoms with Crippen molar-refractivity contribution in [3.63, 3.8) is 0 Å². The molecular weight excluding hydrogens is 365 g/mol. The molecule has 24 heavy (non-hydrogen) atoms. The number of carbonyl (C=O) groups excluding carboxylic acids is 1. The van der Waals surface area contributed by atoms with E-state index in [9.17, 15) is 9.70 Å². The molecule has 0 spiro atoms. The number of carbonyl (C=O) groups is 1. The Balaban J connectivity index is 2.16. The van der Waals surface area contributed by atoms with E-state index in [1.54, 1.807) is 30.3 Å². The molecule has 0 bridgehead atoms. The normalized spacial score (nSPS) is 11.1. The fourth-order valence-electron chi connectivity index (χ4n) is 2.30. The summed E-state index contributed by atoms with van der Waals surface area (Å²) in [4.78, 5) is 24.2. The van der Waals surface area contributed by atoms with E-state index in [4.69, 9.17) is 0 Å². The molecule has 0 aliphatic rings. The third-order valence-corrected chi connectivity index (χ3v) is 5.80. The molecule has 0 aromatic heterocycles. The van der Waals surface area contributed by atoms with Crippen LogP contribution in [0, 0.1) is 4.91 Å². The van der Waals surface area contributed by atoms with Crippen LogP contribution in [0.4, 0.5) is 5.69 Å². The molecule has 116 valence electrons. The van der Waals surface area contributed by atoms with E-state index in [0.29, 0.717) is 21.2 Å². The number of Topliss-reactive ketones (excluding diaryl/α,β-unsaturated/α-hetero) is 1. The topological polar surface area (TPSA) is 46.5 Å². The van der Waals surface area contributed by atoms with Crippen molar-refractivity contribution in [3.05, 3.63) is 101 Å². The number of nitroso groups, excluding NO2 is 1. The molecule has 3 rings (SSSR count). The summed E-state index contributed by atoms with van der Waals surface area (Å²) >= 11 is -0.227. The van der Waals surface area contributed by atoms with Gasteiger partial charge in [0.1, 0.15) is 0 Å². The van der Waals surface area contributed by atoms with Crippen molar-refractivity contribution in [2.24, 2.45) is 5.18 Å². The molecule has 3 aromatic carbocycles. The van der Waals surface area contributed by atoms with Crippen molar-refractivity contribution in [3.8, 4) is 0 Å². The molecule has 0 saturated heterocycles. The third-order valence-electron chi connectivity index (χ3n) is 3.45. The second-order valence-electron chi connectivity index (χ2n) is 5.05. The average molecular weight is 379 g/mol. The van der Waals surface area contributed by atoms with Gasteiger partial charge < -0.3 is 0 Å². The molecule has 0 aliphatic heterocycles. The van der Waals surface area contributed by atoms with E-state index in [1.165, 1.54) is 0 Å². The van der Waals surface area contributed by atoms with Crippen LogP contribution in [0.5, 0.6) is 0 Å². The van der Waals surface area contributed by atoms with Crippen LogP contribution >= 0.6 is 0 Å². The Morgan fingerprint density at radius 1 is 0.750 bits per heavy atom. The van der Waals surface area contributed by atoms with Crippen LogP contribution in [-0.2, 0) is 0 Å². The molecule has 0 unspecified atom stereocenters. The second kappa shape index (κ2) is 7.73. The third kappa shape index (κ3) is 3.62. The number of ketones is 1. The number of hydrogen-bond donors (Lipinski definition) is 0. The summed E-state index contributed by atoms with van der Waals surface area (Å²) in [7, 11) is 0. The summed E-state index contributed by atoms with van der Waals surface area (Å²) in [5.74, 6) is -0.0597. The van der Waals surface area contributed by atoms with Crippen molar-refractivity contribution in [2.45, 2.75) is 0 Å². The minimum atomic E-state index is -0.227. The maximum atomic E-state index is 13.1. The average Bonchev–Trinajstić information content (AvgIpc) is 2.67. The van der Waals surface area contributed by atoms with Crippen molar-refractivity contribution in [2.75, 3.05) is 0 Å². The second-order valence-corrected chi connectivity index (χ2v) is 7.32. The van der Waals surface area contributed by atoms with Crippen molar-refractivity contribution in [1.29, 1.82) is 0 Å². The van der Waals surface area contributed by atoms with E-state index < -0.39 is 0 Å². The molecule has 0 atom stereocenters. The first-order valence-corrected chi connectivity index (χ1v) is 9.13. The Morgan fingerprint density at radius 2 is 1.33 bits per heavy atom. The number of benzene rings is 3. The minimum absolute atomic E-state index is 0.0597. The summed E-state index contributed by atoms with van der Waals surface area (Å²) in [5, 5.41) is 3.10. The van der Waals surface area contributed by atoms with E-state index in [2.05, 4.69) is 5.18 Å². The van der Waals surface area contributed by atoms with E-state index >= 15 is 0 Å². The van der Waals surface area contributed by atoms with E-state index in [0.717, 1.165) is 4.46 Å². The van der Waals surface area contributed by atoms with Gasteiger partial charge in [-0.3, -0.25) is 0 Å². The summed E-state index contributed by atoms with van der Waals surface area (Å²) in [6.45, 7) is 0. The summed E-state index contributed by atoms with van der Waals surface area (Å²) in [5.41, 5.74) is 1.53. The van der Waals surface area contributed by atoms with Crippen LogP contribution in [0.3, 0.4) is 0 Å². The van der Waals surface area contributed by atoms with Gasteiger partial charge in [-0.25, -0.2) is 0 Å². The molecule has 3 aromatic rings. The molecule has 0 aliphatic carbocycles. The quantitative estimate of drug-likeness (QED) is 0.387. The van der Waals surface area contributed by atoms with Gasteiger partial charge in [-0.05, 0) is 0 Å². The Morgan fingerprint density at radius 3 is 2.00 bits per heavy atom. The van der Waals surface area contributed by atoms with E-state index in [-0.39, 0.29) is 20.3 Å². The van der Waals surface area contributed by atoms with Crippen molar-refractivity contribution >= 4 is 34.9 Å². The van der Waals surface area contributed by atoms with Gasteiger partial charge in [-0.2, -0.15) is 0 Å². The van der Waals surface area contributed by atoms with Gasteiger partial charge in [-0.1, -0.05) is 0 Å². The Bertz CT molecular complexity index is 890. The first-order chi connectivity index (χ1) is 11.8. The Kier molecular flexibility index (Phi) is 5.21. The van der Waals surface area contributed by atoms with Crippen molar-refractivity contribution in [1.82, 2.24) is 0 Å². The van der Waals surface area contributed by atoms with Crippen LogP contribution < -0.4 is 4.46 Å². The van der Waals surface area contributed by atoms with Gasteiger partial charge in [0.2, 0.25) is 0 Å². The molecule has 0 radical (unpaired) electrons. The van der Waals surface area contributed by atoms with Gasteiger partial charge in [-0.15, -0.1) is 0 Å².